The Balaban J connectivity index is 2.66. The summed E-state index contributed by atoms with van der Waals surface area (Å²) < 4.78 is 0. The molecule has 1 atom stereocenters. The number of likely N-dealkylation sites (N-methyl/N-ethyl adjacent to an activating group) is 1. The summed E-state index contributed by atoms with van der Waals surface area (Å²) in [6, 6.07) is 8.81. The summed E-state index contributed by atoms with van der Waals surface area (Å²) in [5.41, 5.74) is 2.55. The van der Waals surface area contributed by atoms with Gasteiger partial charge in [0.15, 0.2) is 0 Å². The summed E-state index contributed by atoms with van der Waals surface area (Å²) >= 11 is 0. The van der Waals surface area contributed by atoms with Gasteiger partial charge in [0.1, 0.15) is 0 Å². The van der Waals surface area contributed by atoms with Crippen molar-refractivity contribution in [2.75, 3.05) is 20.6 Å². The first-order valence-electron chi connectivity index (χ1n) is 7.23. The van der Waals surface area contributed by atoms with E-state index in [9.17, 15) is 4.79 Å². The first-order valence-corrected chi connectivity index (χ1v) is 7.23. The van der Waals surface area contributed by atoms with Crippen molar-refractivity contribution >= 4 is 6.03 Å². The number of urea groups is 1. The number of nitrogens with one attached hydrogen (secondary N) is 2. The van der Waals surface area contributed by atoms with Gasteiger partial charge in [-0.2, -0.15) is 0 Å². The Morgan fingerprint density at radius 1 is 1.20 bits per heavy atom. The lowest BCUT2D eigenvalue weighted by atomic mass is 10.0. The van der Waals surface area contributed by atoms with Crippen LogP contribution in [0.3, 0.4) is 0 Å². The van der Waals surface area contributed by atoms with E-state index in [1.54, 1.807) is 0 Å². The molecule has 0 saturated heterocycles. The number of rotatable bonds is 6. The molecule has 1 aromatic rings. The maximum absolute atomic E-state index is 11.7. The fourth-order valence-corrected chi connectivity index (χ4v) is 2.08. The lowest BCUT2D eigenvalue weighted by Crippen LogP contribution is -2.43. The Morgan fingerprint density at radius 2 is 1.80 bits per heavy atom. The fraction of sp³-hybridized carbons (Fsp3) is 0.562. The molecule has 4 heteroatoms. The molecule has 2 N–H and O–H groups in total. The van der Waals surface area contributed by atoms with E-state index in [2.05, 4.69) is 46.7 Å². The van der Waals surface area contributed by atoms with Gasteiger partial charge in [0.05, 0.1) is 6.04 Å². The second-order valence-corrected chi connectivity index (χ2v) is 5.58. The van der Waals surface area contributed by atoms with Crippen LogP contribution in [-0.2, 0) is 6.42 Å². The van der Waals surface area contributed by atoms with Gasteiger partial charge in [0.2, 0.25) is 0 Å². The molecule has 112 valence electrons. The Bertz CT molecular complexity index is 412. The van der Waals surface area contributed by atoms with Gasteiger partial charge in [-0.3, -0.25) is 0 Å². The Labute approximate surface area is 122 Å². The lowest BCUT2D eigenvalue weighted by molar-refractivity contribution is 0.230. The van der Waals surface area contributed by atoms with Crippen LogP contribution in [0, 0.1) is 0 Å². The maximum atomic E-state index is 11.7. The van der Waals surface area contributed by atoms with Crippen molar-refractivity contribution in [3.05, 3.63) is 35.4 Å². The van der Waals surface area contributed by atoms with E-state index in [4.69, 9.17) is 0 Å². The summed E-state index contributed by atoms with van der Waals surface area (Å²) in [4.78, 5) is 13.8. The van der Waals surface area contributed by atoms with Crippen molar-refractivity contribution in [3.63, 3.8) is 0 Å². The molecule has 0 bridgehead atoms. The smallest absolute Gasteiger partial charge is 0.315 e. The summed E-state index contributed by atoms with van der Waals surface area (Å²) in [5, 5.41) is 5.77. The third-order valence-corrected chi connectivity index (χ3v) is 3.27. The molecule has 0 spiro atoms. The predicted octanol–water partition coefficient (Wildman–Crippen LogP) is 2.56. The molecule has 4 nitrogen and oxygen atoms in total. The molecule has 0 heterocycles. The highest BCUT2D eigenvalue weighted by molar-refractivity contribution is 5.74. The van der Waals surface area contributed by atoms with E-state index in [-0.39, 0.29) is 18.1 Å². The quantitative estimate of drug-likeness (QED) is 0.839. The molecule has 0 radical (unpaired) electrons. The summed E-state index contributed by atoms with van der Waals surface area (Å²) in [6.07, 6.45) is 1.04. The molecule has 0 fully saturated rings. The van der Waals surface area contributed by atoms with E-state index < -0.39 is 0 Å². The standard InChI is InChI=1S/C16H27N3O/c1-6-13-7-9-14(10-8-13)15(19(4)5)11-17-16(20)18-12(2)3/h7-10,12,15H,6,11H2,1-5H3,(H2,17,18,20). The Hall–Kier alpha value is -1.55. The highest BCUT2D eigenvalue weighted by atomic mass is 16.2. The molecule has 0 aliphatic rings. The number of carbonyl (C=O) groups is 1. The number of nitrogens with zero attached hydrogens (tertiary/aromatic N) is 1. The second-order valence-electron chi connectivity index (χ2n) is 5.58. The van der Waals surface area contributed by atoms with Crippen LogP contribution in [0.4, 0.5) is 4.79 Å². The van der Waals surface area contributed by atoms with Crippen LogP contribution in [0.5, 0.6) is 0 Å². The first kappa shape index (κ1) is 16.5. The number of carbonyl (C=O) groups excluding carboxylic acids is 1. The van der Waals surface area contributed by atoms with Gasteiger partial charge in [-0.05, 0) is 45.5 Å². The molecule has 1 aromatic carbocycles. The highest BCUT2D eigenvalue weighted by Crippen LogP contribution is 2.18. The van der Waals surface area contributed by atoms with E-state index in [1.807, 2.05) is 27.9 Å². The molecule has 1 rings (SSSR count). The molecule has 2 amide bonds. The van der Waals surface area contributed by atoms with Crippen molar-refractivity contribution in [2.24, 2.45) is 0 Å². The van der Waals surface area contributed by atoms with Crippen LogP contribution in [0.25, 0.3) is 0 Å². The number of hydrogen-bond acceptors (Lipinski definition) is 2. The van der Waals surface area contributed by atoms with E-state index in [1.165, 1.54) is 11.1 Å². The predicted molar refractivity (Wildman–Crippen MR) is 83.9 cm³/mol. The number of hydrogen-bond donors (Lipinski definition) is 2. The molecule has 0 aliphatic heterocycles. The zero-order valence-electron chi connectivity index (χ0n) is 13.2. The van der Waals surface area contributed by atoms with Gasteiger partial charge < -0.3 is 15.5 Å². The molecule has 20 heavy (non-hydrogen) atoms. The van der Waals surface area contributed by atoms with Crippen molar-refractivity contribution in [1.82, 2.24) is 15.5 Å². The van der Waals surface area contributed by atoms with Crippen LogP contribution in [0.1, 0.15) is 37.9 Å². The summed E-state index contributed by atoms with van der Waals surface area (Å²) in [6.45, 7) is 6.65. The largest absolute Gasteiger partial charge is 0.336 e. The number of aryl methyl sites for hydroxylation is 1. The van der Waals surface area contributed by atoms with E-state index in [0.717, 1.165) is 6.42 Å². The maximum Gasteiger partial charge on any atom is 0.315 e. The molecule has 1 unspecified atom stereocenters. The van der Waals surface area contributed by atoms with Crippen molar-refractivity contribution in [1.29, 1.82) is 0 Å². The molecular formula is C16H27N3O. The summed E-state index contributed by atoms with van der Waals surface area (Å²) in [5.74, 6) is 0. The topological polar surface area (TPSA) is 44.4 Å². The zero-order valence-corrected chi connectivity index (χ0v) is 13.2. The normalized spacial score (nSPS) is 12.6. The van der Waals surface area contributed by atoms with Gasteiger partial charge in [0.25, 0.3) is 0 Å². The average Bonchev–Trinajstić information content (AvgIpc) is 2.38. The highest BCUT2D eigenvalue weighted by Gasteiger charge is 2.15. The Kier molecular flexibility index (Phi) is 6.52. The number of benzene rings is 1. The van der Waals surface area contributed by atoms with Crippen LogP contribution in [0.2, 0.25) is 0 Å². The van der Waals surface area contributed by atoms with E-state index in [0.29, 0.717) is 6.54 Å². The van der Waals surface area contributed by atoms with Crippen molar-refractivity contribution in [2.45, 2.75) is 39.3 Å². The lowest BCUT2D eigenvalue weighted by Gasteiger charge is -2.25. The molecular weight excluding hydrogens is 250 g/mol. The zero-order chi connectivity index (χ0) is 15.1. The SMILES string of the molecule is CCc1ccc(C(CNC(=O)NC(C)C)N(C)C)cc1. The minimum absolute atomic E-state index is 0.114. The number of amides is 2. The van der Waals surface area contributed by atoms with Crippen molar-refractivity contribution < 1.29 is 4.79 Å². The minimum Gasteiger partial charge on any atom is -0.336 e. The molecule has 0 aromatic heterocycles. The Morgan fingerprint density at radius 3 is 2.25 bits per heavy atom. The van der Waals surface area contributed by atoms with Gasteiger partial charge in [-0.1, -0.05) is 31.2 Å². The first-order chi connectivity index (χ1) is 9.43. The summed E-state index contributed by atoms with van der Waals surface area (Å²) in [7, 11) is 4.06. The van der Waals surface area contributed by atoms with Crippen LogP contribution < -0.4 is 10.6 Å². The van der Waals surface area contributed by atoms with Gasteiger partial charge in [-0.15, -0.1) is 0 Å². The third kappa shape index (κ3) is 5.21. The van der Waals surface area contributed by atoms with Crippen molar-refractivity contribution in [3.8, 4) is 0 Å². The van der Waals surface area contributed by atoms with Gasteiger partial charge in [0, 0.05) is 12.6 Å². The van der Waals surface area contributed by atoms with Crippen LogP contribution in [0.15, 0.2) is 24.3 Å². The monoisotopic (exact) mass is 277 g/mol. The van der Waals surface area contributed by atoms with Gasteiger partial charge >= 0.3 is 6.03 Å². The van der Waals surface area contributed by atoms with Gasteiger partial charge in [-0.25, -0.2) is 4.79 Å². The molecule has 0 aliphatic carbocycles. The minimum atomic E-state index is -0.114. The van der Waals surface area contributed by atoms with E-state index >= 15 is 0 Å². The molecule has 0 saturated carbocycles. The third-order valence-electron chi connectivity index (χ3n) is 3.27. The van der Waals surface area contributed by atoms with Crippen LogP contribution >= 0.6 is 0 Å². The van der Waals surface area contributed by atoms with Crippen LogP contribution in [-0.4, -0.2) is 37.6 Å². The average molecular weight is 277 g/mol. The second kappa shape index (κ2) is 7.90. The fourth-order valence-electron chi connectivity index (χ4n) is 2.08.